The summed E-state index contributed by atoms with van der Waals surface area (Å²) in [6, 6.07) is 3.60. The molecule has 0 atom stereocenters. The third kappa shape index (κ3) is 5.88. The van der Waals surface area contributed by atoms with E-state index < -0.39 is 11.7 Å². The zero-order valence-corrected chi connectivity index (χ0v) is 12.0. The van der Waals surface area contributed by atoms with Crippen molar-refractivity contribution in [2.24, 2.45) is 0 Å². The normalized spacial score (nSPS) is 10.2. The summed E-state index contributed by atoms with van der Waals surface area (Å²) in [4.78, 5) is 22.7. The van der Waals surface area contributed by atoms with Gasteiger partial charge < -0.3 is 15.4 Å². The van der Waals surface area contributed by atoms with Crippen molar-refractivity contribution in [2.75, 3.05) is 13.2 Å². The van der Waals surface area contributed by atoms with Crippen LogP contribution in [-0.4, -0.2) is 31.0 Å². The first-order chi connectivity index (χ1) is 9.38. The van der Waals surface area contributed by atoms with Crippen LogP contribution in [0, 0.1) is 5.82 Å². The smallest absolute Gasteiger partial charge is 0.258 e. The van der Waals surface area contributed by atoms with E-state index >= 15 is 0 Å². The van der Waals surface area contributed by atoms with Gasteiger partial charge in [-0.25, -0.2) is 4.39 Å². The minimum absolute atomic E-state index is 0.00803. The third-order valence-electron chi connectivity index (χ3n) is 2.15. The van der Waals surface area contributed by atoms with Gasteiger partial charge in [-0.3, -0.25) is 9.59 Å². The van der Waals surface area contributed by atoms with Crippen LogP contribution >= 0.6 is 11.6 Å². The molecule has 0 aromatic heterocycles. The fourth-order valence-electron chi connectivity index (χ4n) is 1.34. The molecule has 0 fully saturated rings. The summed E-state index contributed by atoms with van der Waals surface area (Å²) in [5, 5.41) is 5.10. The van der Waals surface area contributed by atoms with Gasteiger partial charge in [-0.05, 0) is 32.0 Å². The molecule has 0 saturated carbocycles. The summed E-state index contributed by atoms with van der Waals surface area (Å²) >= 11 is 5.74. The van der Waals surface area contributed by atoms with Crippen molar-refractivity contribution in [3.8, 4) is 5.75 Å². The number of nitrogens with one attached hydrogen (secondary N) is 2. The summed E-state index contributed by atoms with van der Waals surface area (Å²) < 4.78 is 17.9. The molecule has 0 aliphatic heterocycles. The molecule has 20 heavy (non-hydrogen) atoms. The number of halogens is 2. The highest BCUT2D eigenvalue weighted by Crippen LogP contribution is 2.24. The number of ether oxygens (including phenoxy) is 1. The second-order valence-electron chi connectivity index (χ2n) is 4.36. The number of carbonyl (C=O) groups is 2. The van der Waals surface area contributed by atoms with Gasteiger partial charge in [-0.15, -0.1) is 0 Å². The molecule has 1 rings (SSSR count). The Labute approximate surface area is 121 Å². The molecule has 0 unspecified atom stereocenters. The van der Waals surface area contributed by atoms with E-state index in [-0.39, 0.29) is 35.9 Å². The molecule has 110 valence electrons. The van der Waals surface area contributed by atoms with Crippen LogP contribution < -0.4 is 15.4 Å². The van der Waals surface area contributed by atoms with Gasteiger partial charge in [0.1, 0.15) is 11.6 Å². The van der Waals surface area contributed by atoms with Crippen LogP contribution in [0.4, 0.5) is 4.39 Å². The predicted molar refractivity (Wildman–Crippen MR) is 73.2 cm³/mol. The second-order valence-corrected chi connectivity index (χ2v) is 4.77. The van der Waals surface area contributed by atoms with E-state index in [1.54, 1.807) is 0 Å². The molecular weight excluding hydrogens is 287 g/mol. The SMILES string of the molecule is CC(C)NC(=O)CNC(=O)COc1ccc(F)cc1Cl. The zero-order valence-electron chi connectivity index (χ0n) is 11.2. The second kappa shape index (κ2) is 7.69. The van der Waals surface area contributed by atoms with Crippen molar-refractivity contribution in [2.45, 2.75) is 19.9 Å². The molecule has 1 aromatic rings. The van der Waals surface area contributed by atoms with Gasteiger partial charge in [-0.1, -0.05) is 11.6 Å². The molecule has 0 aliphatic rings. The lowest BCUT2D eigenvalue weighted by Crippen LogP contribution is -2.41. The lowest BCUT2D eigenvalue weighted by Gasteiger charge is -2.10. The van der Waals surface area contributed by atoms with Gasteiger partial charge in [0.25, 0.3) is 5.91 Å². The first-order valence-electron chi connectivity index (χ1n) is 6.02. The highest BCUT2D eigenvalue weighted by Gasteiger charge is 2.09. The van der Waals surface area contributed by atoms with Gasteiger partial charge in [-0.2, -0.15) is 0 Å². The summed E-state index contributed by atoms with van der Waals surface area (Å²) in [6.07, 6.45) is 0. The lowest BCUT2D eigenvalue weighted by molar-refractivity contribution is -0.127. The first kappa shape index (κ1) is 16.2. The highest BCUT2D eigenvalue weighted by atomic mass is 35.5. The molecule has 0 bridgehead atoms. The van der Waals surface area contributed by atoms with Crippen molar-refractivity contribution in [3.05, 3.63) is 29.0 Å². The standard InChI is InChI=1S/C13H16ClFN2O3/c1-8(2)17-12(18)6-16-13(19)7-20-11-4-3-9(15)5-10(11)14/h3-5,8H,6-7H2,1-2H3,(H,16,19)(H,17,18). The van der Waals surface area contributed by atoms with E-state index in [0.29, 0.717) is 0 Å². The fourth-order valence-corrected chi connectivity index (χ4v) is 1.56. The average molecular weight is 303 g/mol. The Balaban J connectivity index is 2.34. The Bertz CT molecular complexity index is 495. The van der Waals surface area contributed by atoms with Crippen LogP contribution in [0.15, 0.2) is 18.2 Å². The zero-order chi connectivity index (χ0) is 15.1. The minimum atomic E-state index is -0.489. The Morgan fingerprint density at radius 3 is 2.65 bits per heavy atom. The van der Waals surface area contributed by atoms with Gasteiger partial charge in [0.2, 0.25) is 5.91 Å². The topological polar surface area (TPSA) is 67.4 Å². The van der Waals surface area contributed by atoms with Crippen molar-refractivity contribution in [1.29, 1.82) is 0 Å². The van der Waals surface area contributed by atoms with E-state index in [1.807, 2.05) is 13.8 Å². The number of rotatable bonds is 6. The Hall–Kier alpha value is -1.82. The average Bonchev–Trinajstić information content (AvgIpc) is 2.34. The van der Waals surface area contributed by atoms with Crippen LogP contribution in [0.5, 0.6) is 5.75 Å². The molecule has 0 radical (unpaired) electrons. The molecule has 0 saturated heterocycles. The van der Waals surface area contributed by atoms with E-state index in [9.17, 15) is 14.0 Å². The van der Waals surface area contributed by atoms with Crippen LogP contribution in [0.2, 0.25) is 5.02 Å². The molecule has 5 nitrogen and oxygen atoms in total. The Morgan fingerprint density at radius 1 is 1.35 bits per heavy atom. The third-order valence-corrected chi connectivity index (χ3v) is 2.44. The Morgan fingerprint density at radius 2 is 2.05 bits per heavy atom. The lowest BCUT2D eigenvalue weighted by atomic mass is 10.3. The van der Waals surface area contributed by atoms with Crippen molar-refractivity contribution in [3.63, 3.8) is 0 Å². The van der Waals surface area contributed by atoms with Gasteiger partial charge in [0, 0.05) is 6.04 Å². The van der Waals surface area contributed by atoms with Crippen LogP contribution in [0.25, 0.3) is 0 Å². The van der Waals surface area contributed by atoms with Gasteiger partial charge >= 0.3 is 0 Å². The molecule has 2 amide bonds. The largest absolute Gasteiger partial charge is 0.482 e. The number of carbonyl (C=O) groups excluding carboxylic acids is 2. The number of hydrogen-bond donors (Lipinski definition) is 2. The molecular formula is C13H16ClFN2O3. The van der Waals surface area contributed by atoms with E-state index in [0.717, 1.165) is 6.07 Å². The summed E-state index contributed by atoms with van der Waals surface area (Å²) in [5.41, 5.74) is 0. The minimum Gasteiger partial charge on any atom is -0.482 e. The van der Waals surface area contributed by atoms with Gasteiger partial charge in [0.05, 0.1) is 11.6 Å². The quantitative estimate of drug-likeness (QED) is 0.837. The molecule has 1 aromatic carbocycles. The molecule has 0 heterocycles. The monoisotopic (exact) mass is 302 g/mol. The summed E-state index contributed by atoms with van der Waals surface area (Å²) in [7, 11) is 0. The van der Waals surface area contributed by atoms with Crippen molar-refractivity contribution >= 4 is 23.4 Å². The maximum Gasteiger partial charge on any atom is 0.258 e. The maximum atomic E-state index is 12.8. The maximum absolute atomic E-state index is 12.8. The van der Waals surface area contributed by atoms with Crippen LogP contribution in [-0.2, 0) is 9.59 Å². The number of benzene rings is 1. The predicted octanol–water partition coefficient (Wildman–Crippen LogP) is 1.50. The number of amides is 2. The summed E-state index contributed by atoms with van der Waals surface area (Å²) in [5.74, 6) is -1.04. The number of hydrogen-bond acceptors (Lipinski definition) is 3. The fraction of sp³-hybridized carbons (Fsp3) is 0.385. The molecule has 0 aliphatic carbocycles. The van der Waals surface area contributed by atoms with Crippen molar-refractivity contribution < 1.29 is 18.7 Å². The van der Waals surface area contributed by atoms with Crippen molar-refractivity contribution in [1.82, 2.24) is 10.6 Å². The molecule has 2 N–H and O–H groups in total. The van der Waals surface area contributed by atoms with E-state index in [4.69, 9.17) is 16.3 Å². The highest BCUT2D eigenvalue weighted by molar-refractivity contribution is 6.32. The molecule has 7 heteroatoms. The van der Waals surface area contributed by atoms with Crippen LogP contribution in [0.3, 0.4) is 0 Å². The van der Waals surface area contributed by atoms with E-state index in [1.165, 1.54) is 12.1 Å². The summed E-state index contributed by atoms with van der Waals surface area (Å²) in [6.45, 7) is 3.20. The first-order valence-corrected chi connectivity index (χ1v) is 6.40. The Kier molecular flexibility index (Phi) is 6.24. The van der Waals surface area contributed by atoms with E-state index in [2.05, 4.69) is 10.6 Å². The molecule has 0 spiro atoms. The van der Waals surface area contributed by atoms with Gasteiger partial charge in [0.15, 0.2) is 6.61 Å². The van der Waals surface area contributed by atoms with Crippen LogP contribution in [0.1, 0.15) is 13.8 Å².